The van der Waals surface area contributed by atoms with Crippen molar-refractivity contribution in [1.82, 2.24) is 16.0 Å². The molecule has 2 fully saturated rings. The van der Waals surface area contributed by atoms with Crippen molar-refractivity contribution in [3.05, 3.63) is 0 Å². The maximum Gasteiger partial charge on any atom is 0.308 e. The number of carbonyl (C=O) groups excluding carboxylic acids is 2. The van der Waals surface area contributed by atoms with Crippen LogP contribution in [-0.4, -0.2) is 48.1 Å². The number of carboxylic acid groups (broad SMARTS) is 1. The largest absolute Gasteiger partial charge is 0.481 e. The van der Waals surface area contributed by atoms with Crippen molar-refractivity contribution < 1.29 is 19.5 Å². The van der Waals surface area contributed by atoms with E-state index in [9.17, 15) is 14.4 Å². The average Bonchev–Trinajstić information content (AvgIpc) is 2.39. The molecule has 0 spiro atoms. The third-order valence-electron chi connectivity index (χ3n) is 3.74. The van der Waals surface area contributed by atoms with Crippen LogP contribution in [0.3, 0.4) is 0 Å². The topological polar surface area (TPSA) is 108 Å². The van der Waals surface area contributed by atoms with Crippen molar-refractivity contribution in [1.29, 1.82) is 0 Å². The van der Waals surface area contributed by atoms with Crippen molar-refractivity contribution in [3.63, 3.8) is 0 Å². The van der Waals surface area contributed by atoms with E-state index in [2.05, 4.69) is 16.0 Å². The molecule has 0 aromatic carbocycles. The Labute approximate surface area is 111 Å². The molecule has 0 bridgehead atoms. The van der Waals surface area contributed by atoms with Crippen LogP contribution in [0.15, 0.2) is 0 Å². The molecule has 19 heavy (non-hydrogen) atoms. The minimum atomic E-state index is -0.852. The fraction of sp³-hybridized carbons (Fsp3) is 0.750. The smallest absolute Gasteiger partial charge is 0.308 e. The molecule has 2 amide bonds. The van der Waals surface area contributed by atoms with Gasteiger partial charge < -0.3 is 15.7 Å². The minimum absolute atomic E-state index is 0.116. The fourth-order valence-corrected chi connectivity index (χ4v) is 2.63. The first-order chi connectivity index (χ1) is 9.08. The molecule has 2 rings (SSSR count). The lowest BCUT2D eigenvalue weighted by atomic mass is 9.84. The summed E-state index contributed by atoms with van der Waals surface area (Å²) in [5.41, 5.74) is 0. The van der Waals surface area contributed by atoms with Crippen LogP contribution in [0.5, 0.6) is 0 Å². The monoisotopic (exact) mass is 269 g/mol. The molecule has 0 aromatic heterocycles. The van der Waals surface area contributed by atoms with Gasteiger partial charge in [0.15, 0.2) is 0 Å². The Morgan fingerprint density at radius 3 is 2.63 bits per heavy atom. The Bertz CT molecular complexity index is 375. The number of nitrogens with one attached hydrogen (secondary N) is 3. The predicted molar refractivity (Wildman–Crippen MR) is 66.3 cm³/mol. The van der Waals surface area contributed by atoms with Crippen LogP contribution < -0.4 is 16.0 Å². The SMILES string of the molecule is O=C1CNC(C(=O)NC2CCCCC2C(=O)O)CN1. The first-order valence-electron chi connectivity index (χ1n) is 6.61. The minimum Gasteiger partial charge on any atom is -0.481 e. The summed E-state index contributed by atoms with van der Waals surface area (Å²) in [6, 6.07) is -0.785. The van der Waals surface area contributed by atoms with Gasteiger partial charge in [0.1, 0.15) is 6.04 Å². The van der Waals surface area contributed by atoms with E-state index in [0.717, 1.165) is 12.8 Å². The van der Waals surface area contributed by atoms with Gasteiger partial charge in [-0.2, -0.15) is 0 Å². The molecule has 1 aliphatic carbocycles. The molecule has 7 heteroatoms. The number of amides is 2. The summed E-state index contributed by atoms with van der Waals surface area (Å²) in [6.45, 7) is 0.361. The number of hydrogen-bond donors (Lipinski definition) is 4. The van der Waals surface area contributed by atoms with E-state index in [-0.39, 0.29) is 30.9 Å². The summed E-state index contributed by atoms with van der Waals surface area (Å²) < 4.78 is 0. The van der Waals surface area contributed by atoms with Crippen LogP contribution >= 0.6 is 0 Å². The van der Waals surface area contributed by atoms with E-state index in [0.29, 0.717) is 12.8 Å². The summed E-state index contributed by atoms with van der Waals surface area (Å²) in [5, 5.41) is 17.4. The lowest BCUT2D eigenvalue weighted by Crippen LogP contribution is -2.60. The van der Waals surface area contributed by atoms with Gasteiger partial charge in [-0.15, -0.1) is 0 Å². The third kappa shape index (κ3) is 3.44. The molecule has 0 aromatic rings. The summed E-state index contributed by atoms with van der Waals surface area (Å²) in [4.78, 5) is 34.1. The van der Waals surface area contributed by atoms with Gasteiger partial charge in [-0.05, 0) is 12.8 Å². The normalized spacial score (nSPS) is 31.4. The first-order valence-corrected chi connectivity index (χ1v) is 6.61. The highest BCUT2D eigenvalue weighted by Gasteiger charge is 2.33. The number of hydrogen-bond acceptors (Lipinski definition) is 4. The average molecular weight is 269 g/mol. The number of aliphatic carboxylic acids is 1. The summed E-state index contributed by atoms with van der Waals surface area (Å²) in [7, 11) is 0. The van der Waals surface area contributed by atoms with E-state index in [1.54, 1.807) is 0 Å². The maximum absolute atomic E-state index is 12.0. The lowest BCUT2D eigenvalue weighted by Gasteiger charge is -2.31. The molecule has 1 saturated carbocycles. The van der Waals surface area contributed by atoms with Crippen LogP contribution in [-0.2, 0) is 14.4 Å². The van der Waals surface area contributed by atoms with Gasteiger partial charge in [0.25, 0.3) is 0 Å². The molecule has 106 valence electrons. The van der Waals surface area contributed by atoms with Gasteiger partial charge in [0.2, 0.25) is 11.8 Å². The Balaban J connectivity index is 1.89. The van der Waals surface area contributed by atoms with Crippen molar-refractivity contribution in [3.8, 4) is 0 Å². The second kappa shape index (κ2) is 6.01. The summed E-state index contributed by atoms with van der Waals surface area (Å²) >= 11 is 0. The van der Waals surface area contributed by atoms with Crippen LogP contribution in [0.25, 0.3) is 0 Å². The molecule has 1 aliphatic heterocycles. The van der Waals surface area contributed by atoms with Gasteiger partial charge in [0.05, 0.1) is 12.5 Å². The Kier molecular flexibility index (Phi) is 4.36. The lowest BCUT2D eigenvalue weighted by molar-refractivity contribution is -0.144. The van der Waals surface area contributed by atoms with Gasteiger partial charge in [-0.3, -0.25) is 19.7 Å². The highest BCUT2D eigenvalue weighted by Crippen LogP contribution is 2.24. The van der Waals surface area contributed by atoms with Crippen LogP contribution in [0.4, 0.5) is 0 Å². The second-order valence-electron chi connectivity index (χ2n) is 5.08. The fourth-order valence-electron chi connectivity index (χ4n) is 2.63. The van der Waals surface area contributed by atoms with Gasteiger partial charge in [0, 0.05) is 12.6 Å². The molecule has 1 saturated heterocycles. The summed E-state index contributed by atoms with van der Waals surface area (Å²) in [5.74, 6) is -1.73. The van der Waals surface area contributed by atoms with Crippen molar-refractivity contribution in [2.24, 2.45) is 5.92 Å². The standard InChI is InChI=1S/C12H19N3O4/c16-10-6-13-9(5-14-10)11(17)15-8-4-2-1-3-7(8)12(18)19/h7-9,13H,1-6H2,(H,14,16)(H,15,17)(H,18,19). The van der Waals surface area contributed by atoms with Crippen molar-refractivity contribution in [2.75, 3.05) is 13.1 Å². The third-order valence-corrected chi connectivity index (χ3v) is 3.74. The summed E-state index contributed by atoms with van der Waals surface area (Å²) in [6.07, 6.45) is 3.13. The van der Waals surface area contributed by atoms with Crippen molar-refractivity contribution in [2.45, 2.75) is 37.8 Å². The predicted octanol–water partition coefficient (Wildman–Crippen LogP) is -1.17. The molecular formula is C12H19N3O4. The Hall–Kier alpha value is -1.63. The molecule has 3 unspecified atom stereocenters. The van der Waals surface area contributed by atoms with Crippen molar-refractivity contribution >= 4 is 17.8 Å². The van der Waals surface area contributed by atoms with Gasteiger partial charge in [-0.25, -0.2) is 0 Å². The Morgan fingerprint density at radius 1 is 1.26 bits per heavy atom. The molecule has 3 atom stereocenters. The van der Waals surface area contributed by atoms with E-state index in [4.69, 9.17) is 5.11 Å². The van der Waals surface area contributed by atoms with Gasteiger partial charge in [-0.1, -0.05) is 12.8 Å². The van der Waals surface area contributed by atoms with E-state index in [1.165, 1.54) is 0 Å². The number of piperazine rings is 1. The zero-order valence-electron chi connectivity index (χ0n) is 10.6. The number of carbonyl (C=O) groups is 3. The Morgan fingerprint density at radius 2 is 2.00 bits per heavy atom. The number of carboxylic acids is 1. The zero-order chi connectivity index (χ0) is 13.8. The molecule has 2 aliphatic rings. The van der Waals surface area contributed by atoms with Crippen LogP contribution in [0, 0.1) is 5.92 Å². The van der Waals surface area contributed by atoms with E-state index in [1.807, 2.05) is 0 Å². The molecule has 1 heterocycles. The van der Waals surface area contributed by atoms with Crippen LogP contribution in [0.1, 0.15) is 25.7 Å². The molecule has 4 N–H and O–H groups in total. The van der Waals surface area contributed by atoms with Gasteiger partial charge >= 0.3 is 5.97 Å². The highest BCUT2D eigenvalue weighted by molar-refractivity contribution is 5.87. The quantitative estimate of drug-likeness (QED) is 0.516. The second-order valence-corrected chi connectivity index (χ2v) is 5.08. The van der Waals surface area contributed by atoms with E-state index >= 15 is 0 Å². The zero-order valence-corrected chi connectivity index (χ0v) is 10.6. The van der Waals surface area contributed by atoms with Crippen LogP contribution in [0.2, 0.25) is 0 Å². The number of rotatable bonds is 3. The first kappa shape index (κ1) is 13.8. The molecule has 7 nitrogen and oxygen atoms in total. The molecular weight excluding hydrogens is 250 g/mol. The highest BCUT2D eigenvalue weighted by atomic mass is 16.4. The molecule has 0 radical (unpaired) electrons. The maximum atomic E-state index is 12.0. The van der Waals surface area contributed by atoms with E-state index < -0.39 is 17.9 Å².